The molecule has 0 atom stereocenters. The second-order valence-electron chi connectivity index (χ2n) is 9.79. The Morgan fingerprint density at radius 2 is 1.71 bits per heavy atom. The van der Waals surface area contributed by atoms with Gasteiger partial charge in [-0.1, -0.05) is 11.6 Å². The van der Waals surface area contributed by atoms with E-state index in [9.17, 15) is 35.2 Å². The Balaban J connectivity index is 1.48. The summed E-state index contributed by atoms with van der Waals surface area (Å²) in [5.41, 5.74) is -1.82. The van der Waals surface area contributed by atoms with Crippen molar-refractivity contribution in [3.63, 3.8) is 0 Å². The number of ketones is 1. The number of hydrogen-bond donors (Lipinski definition) is 0. The van der Waals surface area contributed by atoms with Gasteiger partial charge in [-0.3, -0.25) is 14.4 Å². The molecule has 38 heavy (non-hydrogen) atoms. The van der Waals surface area contributed by atoms with Gasteiger partial charge in [-0.15, -0.1) is 5.10 Å². The molecular formula is C23H27ClF5N5O3S. The summed E-state index contributed by atoms with van der Waals surface area (Å²) >= 11 is 5.98. The molecule has 15 heteroatoms. The Morgan fingerprint density at radius 3 is 2.24 bits per heavy atom. The van der Waals surface area contributed by atoms with Crippen LogP contribution in [0.3, 0.4) is 0 Å². The number of aryl methyl sites for hydroxylation is 1. The minimum atomic E-state index is -4.61. The van der Waals surface area contributed by atoms with Crippen molar-refractivity contribution in [1.29, 1.82) is 0 Å². The number of hydrogen-bond acceptors (Lipinski definition) is 6. The lowest BCUT2D eigenvalue weighted by molar-refractivity contribution is -0.137. The molecule has 1 aliphatic heterocycles. The smallest absolute Gasteiger partial charge is 0.295 e. The van der Waals surface area contributed by atoms with Gasteiger partial charge >= 0.3 is 6.18 Å². The van der Waals surface area contributed by atoms with Crippen molar-refractivity contribution >= 4 is 27.4 Å². The molecule has 2 aliphatic rings. The largest absolute Gasteiger partial charge is 0.416 e. The van der Waals surface area contributed by atoms with Gasteiger partial charge in [-0.2, -0.15) is 17.5 Å². The third kappa shape index (κ3) is 6.02. The average Bonchev–Trinajstić information content (AvgIpc) is 3.30. The standard InChI is InChI=1S/C23H27ClF5N5O3S/c1-32-15-30-20(31-32)38(36,37)34-12-10-33(11-13-34)21(6-8-22(25,26)9-7-21)5-4-19(35)17-3-2-16(14-18(17)24)23(27,28)29/h2-3,14-15H,4-13H2,1H3. The number of sulfonamides is 1. The zero-order valence-corrected chi connectivity index (χ0v) is 22.1. The van der Waals surface area contributed by atoms with Crippen LogP contribution in [0, 0.1) is 0 Å². The number of Topliss-reactive ketones (excluding diaryl/α,β-unsaturated/α-hetero) is 1. The molecule has 210 valence electrons. The molecule has 0 spiro atoms. The quantitative estimate of drug-likeness (QED) is 0.355. The molecule has 0 amide bonds. The SMILES string of the molecule is Cn1cnc(S(=O)(=O)N2CCN(C3(CCC(=O)c4ccc(C(F)(F)F)cc4Cl)CCC(F)(F)CC3)CC2)n1. The summed E-state index contributed by atoms with van der Waals surface area (Å²) in [6, 6.07) is 2.51. The monoisotopic (exact) mass is 583 g/mol. The summed E-state index contributed by atoms with van der Waals surface area (Å²) in [6.07, 6.45) is -3.80. The van der Waals surface area contributed by atoms with Gasteiger partial charge in [0.15, 0.2) is 5.78 Å². The van der Waals surface area contributed by atoms with E-state index in [0.29, 0.717) is 6.07 Å². The number of piperazine rings is 1. The zero-order chi connectivity index (χ0) is 27.9. The van der Waals surface area contributed by atoms with Crippen LogP contribution in [0.15, 0.2) is 29.7 Å². The first kappa shape index (κ1) is 28.8. The van der Waals surface area contributed by atoms with Crippen molar-refractivity contribution < 1.29 is 35.2 Å². The predicted molar refractivity (Wildman–Crippen MR) is 127 cm³/mol. The van der Waals surface area contributed by atoms with Crippen molar-refractivity contribution in [1.82, 2.24) is 24.0 Å². The van der Waals surface area contributed by atoms with Crippen molar-refractivity contribution in [2.45, 2.75) is 61.3 Å². The fourth-order valence-electron chi connectivity index (χ4n) is 5.16. The number of benzene rings is 1. The molecule has 0 bridgehead atoms. The lowest BCUT2D eigenvalue weighted by Crippen LogP contribution is -2.59. The molecule has 1 aromatic heterocycles. The van der Waals surface area contributed by atoms with Crippen LogP contribution in [-0.2, 0) is 23.2 Å². The second kappa shape index (κ2) is 10.4. The maximum atomic E-state index is 14.1. The van der Waals surface area contributed by atoms with Gasteiger partial charge < -0.3 is 0 Å². The third-order valence-electron chi connectivity index (χ3n) is 7.39. The van der Waals surface area contributed by atoms with Crippen molar-refractivity contribution in [3.05, 3.63) is 40.7 Å². The molecule has 2 fully saturated rings. The summed E-state index contributed by atoms with van der Waals surface area (Å²) in [5.74, 6) is -3.32. The topological polar surface area (TPSA) is 88.4 Å². The van der Waals surface area contributed by atoms with Gasteiger partial charge in [0.05, 0.1) is 10.6 Å². The first-order valence-corrected chi connectivity index (χ1v) is 13.8. The van der Waals surface area contributed by atoms with Crippen LogP contribution >= 0.6 is 11.6 Å². The van der Waals surface area contributed by atoms with Crippen LogP contribution in [0.25, 0.3) is 0 Å². The van der Waals surface area contributed by atoms with Gasteiger partial charge in [0.25, 0.3) is 15.2 Å². The fraction of sp³-hybridized carbons (Fsp3) is 0.609. The molecule has 0 radical (unpaired) electrons. The Morgan fingerprint density at radius 1 is 1.08 bits per heavy atom. The highest BCUT2D eigenvalue weighted by Crippen LogP contribution is 2.45. The van der Waals surface area contributed by atoms with Gasteiger partial charge in [0, 0.05) is 63.6 Å². The van der Waals surface area contributed by atoms with E-state index in [1.807, 2.05) is 4.90 Å². The first-order valence-electron chi connectivity index (χ1n) is 12.0. The van der Waals surface area contributed by atoms with Gasteiger partial charge in [0.2, 0.25) is 5.92 Å². The molecule has 0 N–H and O–H groups in total. The molecular weight excluding hydrogens is 557 g/mol. The second-order valence-corrected chi connectivity index (χ2v) is 12.0. The van der Waals surface area contributed by atoms with Crippen LogP contribution in [0.4, 0.5) is 22.0 Å². The Kier molecular flexibility index (Phi) is 7.92. The van der Waals surface area contributed by atoms with Gasteiger partial charge in [0.1, 0.15) is 6.33 Å². The minimum absolute atomic E-state index is 0.0604. The van der Waals surface area contributed by atoms with E-state index < -0.39 is 39.0 Å². The molecule has 0 unspecified atom stereocenters. The van der Waals surface area contributed by atoms with Crippen LogP contribution < -0.4 is 0 Å². The van der Waals surface area contributed by atoms with Crippen molar-refractivity contribution in [3.8, 4) is 0 Å². The lowest BCUT2D eigenvalue weighted by atomic mass is 9.74. The summed E-state index contributed by atoms with van der Waals surface area (Å²) in [7, 11) is -2.37. The molecule has 8 nitrogen and oxygen atoms in total. The molecule has 2 aromatic rings. The van der Waals surface area contributed by atoms with E-state index in [4.69, 9.17) is 11.6 Å². The summed E-state index contributed by atoms with van der Waals surface area (Å²) in [6.45, 7) is 0.703. The molecule has 4 rings (SSSR count). The Labute approximate surface area is 221 Å². The van der Waals surface area contributed by atoms with Crippen molar-refractivity contribution in [2.75, 3.05) is 26.2 Å². The number of rotatable bonds is 7. The zero-order valence-electron chi connectivity index (χ0n) is 20.5. The number of halogens is 6. The highest BCUT2D eigenvalue weighted by Gasteiger charge is 2.48. The highest BCUT2D eigenvalue weighted by atomic mass is 35.5. The Hall–Kier alpha value is -2.16. The van der Waals surface area contributed by atoms with Crippen LogP contribution in [0.1, 0.15) is 54.4 Å². The normalized spacial score (nSPS) is 20.9. The van der Waals surface area contributed by atoms with Crippen LogP contribution in [-0.4, -0.2) is 75.8 Å². The first-order chi connectivity index (χ1) is 17.6. The molecule has 2 heterocycles. The molecule has 1 saturated carbocycles. The summed E-state index contributed by atoms with van der Waals surface area (Å²) in [5, 5.41) is 3.22. The van der Waals surface area contributed by atoms with E-state index in [-0.39, 0.29) is 80.4 Å². The minimum Gasteiger partial charge on any atom is -0.295 e. The fourth-order valence-corrected chi connectivity index (χ4v) is 6.73. The van der Waals surface area contributed by atoms with Crippen LogP contribution in [0.2, 0.25) is 5.02 Å². The molecule has 1 saturated heterocycles. The highest BCUT2D eigenvalue weighted by molar-refractivity contribution is 7.88. The van der Waals surface area contributed by atoms with Crippen molar-refractivity contribution in [2.24, 2.45) is 7.05 Å². The molecule has 1 aromatic carbocycles. The number of alkyl halides is 5. The van der Waals surface area contributed by atoms with E-state index in [1.54, 1.807) is 7.05 Å². The van der Waals surface area contributed by atoms with Gasteiger partial charge in [-0.25, -0.2) is 22.2 Å². The summed E-state index contributed by atoms with van der Waals surface area (Å²) < 4.78 is 95.3. The average molecular weight is 584 g/mol. The molecule has 1 aliphatic carbocycles. The maximum Gasteiger partial charge on any atom is 0.416 e. The number of nitrogens with zero attached hydrogens (tertiary/aromatic N) is 5. The number of carbonyl (C=O) groups excluding carboxylic acids is 1. The number of carbonyl (C=O) groups is 1. The summed E-state index contributed by atoms with van der Waals surface area (Å²) in [4.78, 5) is 18.7. The van der Waals surface area contributed by atoms with E-state index in [1.165, 1.54) is 15.3 Å². The predicted octanol–water partition coefficient (Wildman–Crippen LogP) is 4.40. The maximum absolute atomic E-state index is 14.1. The van der Waals surface area contributed by atoms with E-state index >= 15 is 0 Å². The lowest BCUT2D eigenvalue weighted by Gasteiger charge is -2.50. The Bertz CT molecular complexity index is 1280. The van der Waals surface area contributed by atoms with E-state index in [0.717, 1.165) is 12.1 Å². The third-order valence-corrected chi connectivity index (χ3v) is 9.39. The van der Waals surface area contributed by atoms with Gasteiger partial charge in [-0.05, 0) is 37.5 Å². The van der Waals surface area contributed by atoms with Crippen LogP contribution in [0.5, 0.6) is 0 Å². The number of aromatic nitrogens is 3. The van der Waals surface area contributed by atoms with E-state index in [2.05, 4.69) is 10.1 Å².